The van der Waals surface area contributed by atoms with Gasteiger partial charge in [0.2, 0.25) is 0 Å². The number of likely N-dealkylation sites (tertiary alicyclic amines) is 1. The molecular formula is C29H38N6O4. The molecule has 0 radical (unpaired) electrons. The van der Waals surface area contributed by atoms with Crippen LogP contribution in [0.25, 0.3) is 10.9 Å². The minimum Gasteiger partial charge on any atom is -0.478 e. The summed E-state index contributed by atoms with van der Waals surface area (Å²) in [4.78, 5) is 21.7. The molecule has 1 aromatic carbocycles. The van der Waals surface area contributed by atoms with Gasteiger partial charge in [-0.2, -0.15) is 0 Å². The minimum atomic E-state index is -1.26. The Hall–Kier alpha value is -3.53. The number of nitrogens with zero attached hydrogens (tertiary/aromatic N) is 6. The topological polar surface area (TPSA) is 126 Å². The molecule has 2 N–H and O–H groups in total. The Balaban J connectivity index is 0.000000339. The molecule has 3 atom stereocenters. The number of tetrazole rings is 1. The van der Waals surface area contributed by atoms with Gasteiger partial charge in [-0.3, -0.25) is 0 Å². The van der Waals surface area contributed by atoms with Crippen molar-refractivity contribution in [1.29, 1.82) is 0 Å². The van der Waals surface area contributed by atoms with Crippen LogP contribution in [0.4, 0.5) is 0 Å². The molecule has 0 spiro atoms. The van der Waals surface area contributed by atoms with E-state index in [-0.39, 0.29) is 0 Å². The molecule has 2 aromatic heterocycles. The van der Waals surface area contributed by atoms with Crippen molar-refractivity contribution in [3.8, 4) is 0 Å². The highest BCUT2D eigenvalue weighted by atomic mass is 16.4. The molecule has 39 heavy (non-hydrogen) atoms. The highest BCUT2D eigenvalue weighted by molar-refractivity contribution is 5.90. The van der Waals surface area contributed by atoms with Gasteiger partial charge in [0, 0.05) is 59.7 Å². The maximum Gasteiger partial charge on any atom is 0.328 e. The van der Waals surface area contributed by atoms with E-state index in [4.69, 9.17) is 10.2 Å². The molecular weight excluding hydrogens is 496 g/mol. The zero-order valence-electron chi connectivity index (χ0n) is 22.9. The molecule has 3 aromatic rings. The fourth-order valence-electron chi connectivity index (χ4n) is 6.89. The molecule has 2 aliphatic carbocycles. The number of carboxylic acid groups (broad SMARTS) is 2. The Labute approximate surface area is 228 Å². The Morgan fingerprint density at radius 2 is 1.79 bits per heavy atom. The van der Waals surface area contributed by atoms with Gasteiger partial charge in [-0.05, 0) is 74.2 Å². The Kier molecular flexibility index (Phi) is 7.83. The van der Waals surface area contributed by atoms with E-state index < -0.39 is 11.9 Å². The summed E-state index contributed by atoms with van der Waals surface area (Å²) < 4.78 is 4.66. The van der Waals surface area contributed by atoms with Gasteiger partial charge in [0.15, 0.2) is 5.82 Å². The third-order valence-electron chi connectivity index (χ3n) is 8.60. The van der Waals surface area contributed by atoms with Crippen molar-refractivity contribution in [3.63, 3.8) is 0 Å². The van der Waals surface area contributed by atoms with Gasteiger partial charge in [0.1, 0.15) is 0 Å². The second-order valence-corrected chi connectivity index (χ2v) is 11.4. The van der Waals surface area contributed by atoms with E-state index in [1.807, 2.05) is 0 Å². The molecule has 208 valence electrons. The predicted molar refractivity (Wildman–Crippen MR) is 147 cm³/mol. The third-order valence-corrected chi connectivity index (χ3v) is 8.60. The number of hydrogen-bond donors (Lipinski definition) is 2. The molecule has 1 aliphatic heterocycles. The Bertz CT molecular complexity index is 1350. The van der Waals surface area contributed by atoms with Crippen molar-refractivity contribution in [2.75, 3.05) is 13.6 Å². The van der Waals surface area contributed by atoms with Crippen LogP contribution in [0.3, 0.4) is 0 Å². The molecule has 3 aliphatic rings. The van der Waals surface area contributed by atoms with Gasteiger partial charge < -0.3 is 19.7 Å². The largest absolute Gasteiger partial charge is 0.478 e. The van der Waals surface area contributed by atoms with E-state index in [2.05, 4.69) is 75.0 Å². The number of hydrogen-bond acceptors (Lipinski definition) is 6. The van der Waals surface area contributed by atoms with E-state index in [1.165, 1.54) is 54.1 Å². The van der Waals surface area contributed by atoms with Gasteiger partial charge >= 0.3 is 11.9 Å². The second-order valence-electron chi connectivity index (χ2n) is 11.4. The average molecular weight is 535 g/mol. The van der Waals surface area contributed by atoms with Crippen molar-refractivity contribution in [2.45, 2.75) is 88.8 Å². The van der Waals surface area contributed by atoms with Crippen LogP contribution in [0, 0.1) is 0 Å². The highest BCUT2D eigenvalue weighted by Gasteiger charge is 2.42. The number of benzene rings is 1. The molecule has 0 amide bonds. The standard InChI is InChI=1S/C25H34N6.C4H4O4/c1-16(2)30-15-17-13-23-21(20-10-7-11-22(30)24(17)20)12-18(14-29(23)3)25-26-27-28-31(25)19-8-5-4-6-9-19;5-3(6)1-2-4(7)8/h7,10-11,15-16,18-19,21,23H,4-6,8-9,12-14H2,1-3H3;1-2H,(H,5,6)(H,7,8)/b;2-1-/t18-,21-,23-;/m1./s1. The lowest BCUT2D eigenvalue weighted by Crippen LogP contribution is -2.47. The highest BCUT2D eigenvalue weighted by Crippen LogP contribution is 2.47. The summed E-state index contributed by atoms with van der Waals surface area (Å²) in [5.41, 5.74) is 4.46. The molecule has 1 saturated carbocycles. The first-order valence-corrected chi connectivity index (χ1v) is 14.0. The zero-order chi connectivity index (χ0) is 27.7. The zero-order valence-corrected chi connectivity index (χ0v) is 22.9. The number of likely N-dealkylation sites (N-methyl/N-ethyl adjacent to an activating group) is 1. The quantitative estimate of drug-likeness (QED) is 0.457. The lowest BCUT2D eigenvalue weighted by molar-refractivity contribution is -0.134. The van der Waals surface area contributed by atoms with E-state index in [0.29, 0.717) is 42.1 Å². The monoisotopic (exact) mass is 534 g/mol. The van der Waals surface area contributed by atoms with Crippen LogP contribution >= 0.6 is 0 Å². The van der Waals surface area contributed by atoms with Gasteiger partial charge in [-0.1, -0.05) is 31.4 Å². The fraction of sp³-hybridized carbons (Fsp3) is 0.552. The predicted octanol–water partition coefficient (Wildman–Crippen LogP) is 4.55. The van der Waals surface area contributed by atoms with E-state index >= 15 is 0 Å². The molecule has 0 unspecified atom stereocenters. The first-order chi connectivity index (χ1) is 18.7. The van der Waals surface area contributed by atoms with E-state index in [0.717, 1.165) is 25.2 Å². The maximum absolute atomic E-state index is 9.55. The van der Waals surface area contributed by atoms with Crippen LogP contribution in [0.1, 0.15) is 93.2 Å². The number of piperidine rings is 1. The first kappa shape index (κ1) is 27.1. The minimum absolute atomic E-state index is 0.396. The number of carboxylic acids is 2. The summed E-state index contributed by atoms with van der Waals surface area (Å²) in [6.07, 6.45) is 12.2. The molecule has 10 heteroatoms. The Morgan fingerprint density at radius 1 is 1.08 bits per heavy atom. The number of rotatable bonds is 5. The van der Waals surface area contributed by atoms with Crippen LogP contribution in [-0.2, 0) is 16.0 Å². The van der Waals surface area contributed by atoms with Crippen LogP contribution < -0.4 is 0 Å². The van der Waals surface area contributed by atoms with Gasteiger partial charge in [-0.15, -0.1) is 5.10 Å². The number of aliphatic carboxylic acids is 2. The van der Waals surface area contributed by atoms with Crippen LogP contribution in [0.5, 0.6) is 0 Å². The van der Waals surface area contributed by atoms with Gasteiger partial charge in [0.05, 0.1) is 6.04 Å². The van der Waals surface area contributed by atoms with Crippen molar-refractivity contribution in [3.05, 3.63) is 53.5 Å². The lowest BCUT2D eigenvalue weighted by atomic mass is 9.72. The average Bonchev–Trinajstić information content (AvgIpc) is 3.55. The maximum atomic E-state index is 9.55. The van der Waals surface area contributed by atoms with Crippen molar-refractivity contribution < 1.29 is 19.8 Å². The number of fused-ring (bicyclic) bond motifs is 2. The summed E-state index contributed by atoms with van der Waals surface area (Å²) in [6, 6.07) is 8.49. The van der Waals surface area contributed by atoms with Crippen molar-refractivity contribution >= 4 is 22.8 Å². The molecule has 3 heterocycles. The fourth-order valence-corrected chi connectivity index (χ4v) is 6.89. The van der Waals surface area contributed by atoms with Crippen LogP contribution in [0.15, 0.2) is 36.5 Å². The van der Waals surface area contributed by atoms with Crippen molar-refractivity contribution in [1.82, 2.24) is 29.7 Å². The van der Waals surface area contributed by atoms with Crippen LogP contribution in [0.2, 0.25) is 0 Å². The van der Waals surface area contributed by atoms with E-state index in [9.17, 15) is 9.59 Å². The molecule has 2 fully saturated rings. The summed E-state index contributed by atoms with van der Waals surface area (Å²) >= 11 is 0. The number of carbonyl (C=O) groups is 2. The smallest absolute Gasteiger partial charge is 0.328 e. The van der Waals surface area contributed by atoms with Gasteiger partial charge in [0.25, 0.3) is 0 Å². The first-order valence-electron chi connectivity index (χ1n) is 14.0. The van der Waals surface area contributed by atoms with Crippen LogP contribution in [-0.4, -0.2) is 71.5 Å². The number of aromatic nitrogens is 5. The summed E-state index contributed by atoms with van der Waals surface area (Å²) in [5, 5.41) is 30.3. The molecule has 0 bridgehead atoms. The SMILES string of the molecule is CC(C)n1cc2c3c(cccc31)[C@H]1C[C@@H](c3nnnn3C3CCCCC3)CN(C)[C@@H]1C2.O=C(O)/C=C\C(=O)O. The van der Waals surface area contributed by atoms with E-state index in [1.54, 1.807) is 0 Å². The summed E-state index contributed by atoms with van der Waals surface area (Å²) in [7, 11) is 2.31. The molecule has 10 nitrogen and oxygen atoms in total. The lowest BCUT2D eigenvalue weighted by Gasteiger charge is -2.45. The normalized spacial score (nSPS) is 23.5. The van der Waals surface area contributed by atoms with Crippen molar-refractivity contribution in [2.24, 2.45) is 0 Å². The molecule has 1 saturated heterocycles. The Morgan fingerprint density at radius 3 is 2.46 bits per heavy atom. The summed E-state index contributed by atoms with van der Waals surface area (Å²) in [6.45, 7) is 5.62. The third kappa shape index (κ3) is 5.48. The molecule has 6 rings (SSSR count). The second kappa shape index (κ2) is 11.3. The summed E-state index contributed by atoms with van der Waals surface area (Å²) in [5.74, 6) is -0.457. The van der Waals surface area contributed by atoms with Gasteiger partial charge in [-0.25, -0.2) is 14.3 Å².